The Morgan fingerprint density at radius 2 is 1.71 bits per heavy atom. The van der Waals surface area contributed by atoms with Crippen molar-refractivity contribution in [2.24, 2.45) is 5.73 Å². The first-order valence-electron chi connectivity index (χ1n) is 11.3. The first-order chi connectivity index (χ1) is 17.0. The normalized spacial score (nSPS) is 17.3. The molecule has 0 spiro atoms. The topological polar surface area (TPSA) is 145 Å². The van der Waals surface area contributed by atoms with Crippen LogP contribution in [0.2, 0.25) is 0 Å². The summed E-state index contributed by atoms with van der Waals surface area (Å²) in [6, 6.07) is 9.51. The van der Waals surface area contributed by atoms with E-state index in [0.29, 0.717) is 49.3 Å². The van der Waals surface area contributed by atoms with E-state index < -0.39 is 6.09 Å². The summed E-state index contributed by atoms with van der Waals surface area (Å²) in [6.07, 6.45) is 7.78. The first kappa shape index (κ1) is 23.9. The minimum absolute atomic E-state index is 0.136. The lowest BCUT2D eigenvalue weighted by Gasteiger charge is -2.35. The molecule has 2 heterocycles. The number of hydrogen-bond donors (Lipinski definition) is 2. The van der Waals surface area contributed by atoms with Gasteiger partial charge in [0.15, 0.2) is 5.82 Å². The van der Waals surface area contributed by atoms with E-state index in [4.69, 9.17) is 15.2 Å². The molecule has 0 radical (unpaired) electrons. The second-order valence-corrected chi connectivity index (χ2v) is 8.10. The molecule has 3 N–H and O–H groups in total. The molecule has 1 aliphatic rings. The van der Waals surface area contributed by atoms with Crippen molar-refractivity contribution < 1.29 is 19.1 Å². The smallest absolute Gasteiger partial charge is 0.404 e. The summed E-state index contributed by atoms with van der Waals surface area (Å²) < 4.78 is 10.1. The molecule has 0 saturated heterocycles. The van der Waals surface area contributed by atoms with E-state index in [9.17, 15) is 9.59 Å². The fourth-order valence-electron chi connectivity index (χ4n) is 4.05. The Labute approximate surface area is 202 Å². The second kappa shape index (κ2) is 11.2. The summed E-state index contributed by atoms with van der Waals surface area (Å²) in [6.45, 7) is 0.380. The first-order valence-corrected chi connectivity index (χ1v) is 11.3. The van der Waals surface area contributed by atoms with Gasteiger partial charge in [-0.1, -0.05) is 30.3 Å². The predicted octanol–water partition coefficient (Wildman–Crippen LogP) is 3.06. The number of amides is 3. The van der Waals surface area contributed by atoms with E-state index in [1.54, 1.807) is 29.7 Å². The summed E-state index contributed by atoms with van der Waals surface area (Å²) in [7, 11) is 1.49. The van der Waals surface area contributed by atoms with Gasteiger partial charge < -0.3 is 20.5 Å². The lowest BCUT2D eigenvalue weighted by atomic mass is 9.92. The van der Waals surface area contributed by atoms with Crippen LogP contribution >= 0.6 is 0 Å². The van der Waals surface area contributed by atoms with Gasteiger partial charge in [0.2, 0.25) is 0 Å². The quantitative estimate of drug-likeness (QED) is 0.528. The largest absolute Gasteiger partial charge is 0.467 e. The highest BCUT2D eigenvalue weighted by Gasteiger charge is 2.32. The number of nitrogens with one attached hydrogen (secondary N) is 1. The van der Waals surface area contributed by atoms with Crippen LogP contribution in [0.15, 0.2) is 55.1 Å². The number of aromatic nitrogens is 4. The highest BCUT2D eigenvalue weighted by atomic mass is 16.6. The van der Waals surface area contributed by atoms with E-state index in [1.165, 1.54) is 7.11 Å². The van der Waals surface area contributed by atoms with Crippen molar-refractivity contribution in [2.75, 3.05) is 12.0 Å². The van der Waals surface area contributed by atoms with Gasteiger partial charge in [-0.05, 0) is 31.2 Å². The molecule has 1 saturated carbocycles. The van der Waals surface area contributed by atoms with E-state index in [-0.39, 0.29) is 24.2 Å². The molecule has 0 bridgehead atoms. The Balaban J connectivity index is 1.52. The van der Waals surface area contributed by atoms with Crippen molar-refractivity contribution in [1.29, 1.82) is 0 Å². The van der Waals surface area contributed by atoms with Crippen molar-refractivity contribution >= 4 is 17.9 Å². The van der Waals surface area contributed by atoms with E-state index in [2.05, 4.69) is 25.3 Å². The van der Waals surface area contributed by atoms with Gasteiger partial charge in [-0.25, -0.2) is 24.5 Å². The standard InChI is InChI=1S/C24H27N7O4/c1-34-23-28-12-17(13-29-23)20-14-27-21(15-26-20)31(18-7-9-19(10-8-18)35-22(25)32)24(33)30-11-16-5-3-2-4-6-16/h2-6,12-15,18-19H,7-11H2,1H3,(H2,25,32)(H,30,33)/t18-,19-. The summed E-state index contributed by atoms with van der Waals surface area (Å²) in [4.78, 5) is 43.2. The molecular formula is C24H27N7O4. The van der Waals surface area contributed by atoms with E-state index in [1.807, 2.05) is 30.3 Å². The van der Waals surface area contributed by atoms with Crippen molar-refractivity contribution in [3.63, 3.8) is 0 Å². The number of anilines is 1. The molecular weight excluding hydrogens is 450 g/mol. The Hall–Kier alpha value is -4.28. The molecule has 35 heavy (non-hydrogen) atoms. The number of nitrogens with two attached hydrogens (primary N) is 1. The zero-order chi connectivity index (χ0) is 24.6. The number of rotatable bonds is 7. The number of benzene rings is 1. The highest BCUT2D eigenvalue weighted by Crippen LogP contribution is 2.29. The molecule has 4 rings (SSSR count). The monoisotopic (exact) mass is 477 g/mol. The van der Waals surface area contributed by atoms with Gasteiger partial charge in [0.1, 0.15) is 6.10 Å². The van der Waals surface area contributed by atoms with E-state index in [0.717, 1.165) is 5.56 Å². The third kappa shape index (κ3) is 6.19. The number of primary amides is 1. The second-order valence-electron chi connectivity index (χ2n) is 8.10. The van der Waals surface area contributed by atoms with Crippen molar-refractivity contribution in [3.8, 4) is 17.3 Å². The molecule has 3 amide bonds. The van der Waals surface area contributed by atoms with Crippen LogP contribution in [0, 0.1) is 0 Å². The molecule has 0 aliphatic heterocycles. The lowest BCUT2D eigenvalue weighted by Crippen LogP contribution is -2.48. The average molecular weight is 478 g/mol. The minimum atomic E-state index is -0.783. The minimum Gasteiger partial charge on any atom is -0.467 e. The van der Waals surface area contributed by atoms with Crippen LogP contribution in [0.4, 0.5) is 15.4 Å². The third-order valence-electron chi connectivity index (χ3n) is 5.79. The van der Waals surface area contributed by atoms with E-state index >= 15 is 0 Å². The number of nitrogens with zero attached hydrogens (tertiary/aromatic N) is 5. The zero-order valence-electron chi connectivity index (χ0n) is 19.3. The van der Waals surface area contributed by atoms with Gasteiger partial charge in [0, 0.05) is 30.5 Å². The van der Waals surface area contributed by atoms with Crippen LogP contribution in [0.25, 0.3) is 11.3 Å². The van der Waals surface area contributed by atoms with Crippen LogP contribution in [-0.2, 0) is 11.3 Å². The lowest BCUT2D eigenvalue weighted by molar-refractivity contribution is 0.0786. The predicted molar refractivity (Wildman–Crippen MR) is 127 cm³/mol. The van der Waals surface area contributed by atoms with Crippen LogP contribution in [0.5, 0.6) is 6.01 Å². The maximum Gasteiger partial charge on any atom is 0.404 e. The molecule has 0 atom stereocenters. The fourth-order valence-corrected chi connectivity index (χ4v) is 4.05. The summed E-state index contributed by atoms with van der Waals surface area (Å²) in [5, 5.41) is 2.98. The number of carbonyl (C=O) groups excluding carboxylic acids is 2. The number of carbonyl (C=O) groups is 2. The maximum absolute atomic E-state index is 13.3. The van der Waals surface area contributed by atoms with Crippen molar-refractivity contribution in [1.82, 2.24) is 25.3 Å². The van der Waals surface area contributed by atoms with Crippen LogP contribution in [0.1, 0.15) is 31.2 Å². The zero-order valence-corrected chi connectivity index (χ0v) is 19.3. The molecule has 1 aliphatic carbocycles. The van der Waals surface area contributed by atoms with Crippen LogP contribution in [-0.4, -0.2) is 51.3 Å². The van der Waals surface area contributed by atoms with Gasteiger partial charge in [-0.3, -0.25) is 9.88 Å². The number of methoxy groups -OCH3 is 1. The van der Waals surface area contributed by atoms with Crippen LogP contribution in [0.3, 0.4) is 0 Å². The van der Waals surface area contributed by atoms with Crippen LogP contribution < -0.4 is 20.7 Å². The molecule has 182 valence electrons. The molecule has 1 aromatic carbocycles. The SMILES string of the molecule is COc1ncc(-c2cnc(N(C(=O)NCc3ccccc3)[C@H]3CC[C@H](OC(N)=O)CC3)cn2)cn1. The maximum atomic E-state index is 13.3. The van der Waals surface area contributed by atoms with Gasteiger partial charge in [-0.2, -0.15) is 0 Å². The third-order valence-corrected chi connectivity index (χ3v) is 5.79. The molecule has 11 nitrogen and oxygen atoms in total. The van der Waals surface area contributed by atoms with Gasteiger partial charge >= 0.3 is 18.1 Å². The molecule has 1 fully saturated rings. The highest BCUT2D eigenvalue weighted by molar-refractivity contribution is 5.91. The Morgan fingerprint density at radius 3 is 2.31 bits per heavy atom. The number of urea groups is 1. The molecule has 0 unspecified atom stereocenters. The van der Waals surface area contributed by atoms with Gasteiger partial charge in [0.25, 0.3) is 0 Å². The Morgan fingerprint density at radius 1 is 1.00 bits per heavy atom. The number of ether oxygens (including phenoxy) is 2. The molecule has 11 heteroatoms. The summed E-state index contributed by atoms with van der Waals surface area (Å²) >= 11 is 0. The summed E-state index contributed by atoms with van der Waals surface area (Å²) in [5.41, 5.74) is 7.39. The Kier molecular flexibility index (Phi) is 7.66. The molecule has 2 aromatic heterocycles. The average Bonchev–Trinajstić information content (AvgIpc) is 2.89. The fraction of sp³-hybridized carbons (Fsp3) is 0.333. The molecule has 3 aromatic rings. The van der Waals surface area contributed by atoms with Crippen molar-refractivity contribution in [2.45, 2.75) is 44.4 Å². The summed E-state index contributed by atoms with van der Waals surface area (Å²) in [5.74, 6) is 0.424. The van der Waals surface area contributed by atoms with Gasteiger partial charge in [0.05, 0.1) is 25.2 Å². The van der Waals surface area contributed by atoms with Gasteiger partial charge in [-0.15, -0.1) is 0 Å². The van der Waals surface area contributed by atoms with Crippen molar-refractivity contribution in [3.05, 3.63) is 60.7 Å². The number of hydrogen-bond acceptors (Lipinski definition) is 8. The Bertz CT molecular complexity index is 1120.